The Balaban J connectivity index is 3.01. The second kappa shape index (κ2) is 12.0. The van der Waals surface area contributed by atoms with Gasteiger partial charge in [0.25, 0.3) is 0 Å². The lowest BCUT2D eigenvalue weighted by molar-refractivity contribution is -0.150. The molecule has 0 aromatic heterocycles. The number of hydrogen-bond acceptors (Lipinski definition) is 7. The van der Waals surface area contributed by atoms with Gasteiger partial charge in [-0.3, -0.25) is 24.0 Å². The van der Waals surface area contributed by atoms with Crippen LogP contribution < -0.4 is 22.1 Å². The molecule has 0 aromatic carbocycles. The highest BCUT2D eigenvalue weighted by molar-refractivity contribution is 5.97. The number of rotatable bonds is 12. The normalized spacial score (nSPS) is 18.5. The van der Waals surface area contributed by atoms with E-state index in [4.69, 9.17) is 16.6 Å². The summed E-state index contributed by atoms with van der Waals surface area (Å²) in [5, 5.41) is 22.9. The van der Waals surface area contributed by atoms with Crippen molar-refractivity contribution < 1.29 is 39.0 Å². The summed E-state index contributed by atoms with van der Waals surface area (Å²) in [5.41, 5.74) is 10.9. The maximum atomic E-state index is 12.8. The van der Waals surface area contributed by atoms with Crippen LogP contribution in [0.25, 0.3) is 0 Å². The quantitative estimate of drug-likeness (QED) is 0.186. The van der Waals surface area contributed by atoms with Gasteiger partial charge in [-0.1, -0.05) is 13.8 Å². The van der Waals surface area contributed by atoms with Crippen LogP contribution in [0.3, 0.4) is 0 Å². The van der Waals surface area contributed by atoms with Gasteiger partial charge in [0.05, 0.1) is 18.9 Å². The fraction of sp³-hybridized carbons (Fsp3) is 0.684. The number of likely N-dealkylation sites (tertiary alicyclic amines) is 1. The lowest BCUT2D eigenvalue weighted by Crippen LogP contribution is -2.58. The van der Waals surface area contributed by atoms with Crippen molar-refractivity contribution in [1.82, 2.24) is 15.5 Å². The van der Waals surface area contributed by atoms with Crippen LogP contribution in [0.15, 0.2) is 0 Å². The summed E-state index contributed by atoms with van der Waals surface area (Å²) < 4.78 is 0. The standard InChI is InChI=1S/C19H31N5O8/c1-9(2)6-10(20)16(28)22-11(7-14(21)25)17(29)23-12(8-15(26)27)18(30)24-5-3-4-13(24)19(31)32/h9-13H,3-8,20H2,1-2H3,(H2,21,25)(H,22,28)(H,23,29)(H,26,27)(H,31,32). The first-order chi connectivity index (χ1) is 14.8. The number of carbonyl (C=O) groups excluding carboxylic acids is 4. The zero-order chi connectivity index (χ0) is 24.6. The van der Waals surface area contributed by atoms with Gasteiger partial charge in [-0.15, -0.1) is 0 Å². The highest BCUT2D eigenvalue weighted by atomic mass is 16.4. The van der Waals surface area contributed by atoms with E-state index in [0.29, 0.717) is 12.8 Å². The van der Waals surface area contributed by atoms with Crippen molar-refractivity contribution in [2.45, 2.75) is 70.1 Å². The average molecular weight is 457 g/mol. The molecule has 1 aliphatic rings. The number of primary amides is 1. The van der Waals surface area contributed by atoms with E-state index in [1.807, 2.05) is 13.8 Å². The highest BCUT2D eigenvalue weighted by Gasteiger charge is 2.39. The highest BCUT2D eigenvalue weighted by Crippen LogP contribution is 2.19. The van der Waals surface area contributed by atoms with Gasteiger partial charge in [0.15, 0.2) is 0 Å². The van der Waals surface area contributed by atoms with Crippen molar-refractivity contribution in [3.05, 3.63) is 0 Å². The molecular weight excluding hydrogens is 426 g/mol. The Kier molecular flexibility index (Phi) is 10.0. The van der Waals surface area contributed by atoms with Crippen LogP contribution in [0, 0.1) is 5.92 Å². The van der Waals surface area contributed by atoms with Gasteiger partial charge >= 0.3 is 11.9 Å². The summed E-state index contributed by atoms with van der Waals surface area (Å²) in [6.07, 6.45) is -0.519. The number of nitrogens with one attached hydrogen (secondary N) is 2. The average Bonchev–Trinajstić information content (AvgIpc) is 3.15. The molecule has 0 radical (unpaired) electrons. The number of nitrogens with zero attached hydrogens (tertiary/aromatic N) is 1. The minimum absolute atomic E-state index is 0.0828. The summed E-state index contributed by atoms with van der Waals surface area (Å²) >= 11 is 0. The molecule has 1 aliphatic heterocycles. The molecule has 1 saturated heterocycles. The van der Waals surface area contributed by atoms with Gasteiger partial charge in [0.1, 0.15) is 18.1 Å². The third-order valence-electron chi connectivity index (χ3n) is 4.91. The molecule has 4 atom stereocenters. The molecule has 0 bridgehead atoms. The first kappa shape index (κ1) is 26.8. The van der Waals surface area contributed by atoms with Gasteiger partial charge in [-0.05, 0) is 25.2 Å². The number of aliphatic carboxylic acids is 2. The number of carboxylic acids is 2. The zero-order valence-electron chi connectivity index (χ0n) is 18.1. The third-order valence-corrected chi connectivity index (χ3v) is 4.91. The largest absolute Gasteiger partial charge is 0.481 e. The molecule has 0 aromatic rings. The van der Waals surface area contributed by atoms with Crippen LogP contribution in [-0.2, 0) is 28.8 Å². The summed E-state index contributed by atoms with van der Waals surface area (Å²) in [6.45, 7) is 3.77. The van der Waals surface area contributed by atoms with Crippen molar-refractivity contribution in [1.29, 1.82) is 0 Å². The molecule has 1 rings (SSSR count). The maximum Gasteiger partial charge on any atom is 0.326 e. The molecule has 4 amide bonds. The number of carboxylic acid groups (broad SMARTS) is 2. The van der Waals surface area contributed by atoms with Crippen LogP contribution >= 0.6 is 0 Å². The fourth-order valence-corrected chi connectivity index (χ4v) is 3.44. The SMILES string of the molecule is CC(C)CC(N)C(=O)NC(CC(N)=O)C(=O)NC(CC(=O)O)C(=O)N1CCCC1C(=O)O. The minimum Gasteiger partial charge on any atom is -0.481 e. The number of carbonyl (C=O) groups is 6. The van der Waals surface area contributed by atoms with E-state index in [2.05, 4.69) is 10.6 Å². The van der Waals surface area contributed by atoms with Gasteiger partial charge in [0, 0.05) is 6.54 Å². The van der Waals surface area contributed by atoms with Crippen LogP contribution in [0.1, 0.15) is 46.0 Å². The second-order valence-electron chi connectivity index (χ2n) is 8.15. The molecule has 8 N–H and O–H groups in total. The van der Waals surface area contributed by atoms with Crippen LogP contribution in [0.5, 0.6) is 0 Å². The van der Waals surface area contributed by atoms with Crippen molar-refractivity contribution in [2.24, 2.45) is 17.4 Å². The summed E-state index contributed by atoms with van der Waals surface area (Å²) in [7, 11) is 0. The first-order valence-corrected chi connectivity index (χ1v) is 10.2. The Morgan fingerprint density at radius 1 is 1.00 bits per heavy atom. The van der Waals surface area contributed by atoms with Gasteiger partial charge in [-0.2, -0.15) is 0 Å². The predicted molar refractivity (Wildman–Crippen MR) is 110 cm³/mol. The zero-order valence-corrected chi connectivity index (χ0v) is 18.1. The van der Waals surface area contributed by atoms with Crippen molar-refractivity contribution in [3.8, 4) is 0 Å². The van der Waals surface area contributed by atoms with E-state index >= 15 is 0 Å². The van der Waals surface area contributed by atoms with E-state index in [1.165, 1.54) is 0 Å². The molecule has 1 heterocycles. The molecule has 0 spiro atoms. The van der Waals surface area contributed by atoms with Crippen molar-refractivity contribution in [3.63, 3.8) is 0 Å². The summed E-state index contributed by atoms with van der Waals surface area (Å²) in [4.78, 5) is 72.8. The van der Waals surface area contributed by atoms with E-state index in [-0.39, 0.29) is 18.9 Å². The number of amides is 4. The summed E-state index contributed by atoms with van der Waals surface area (Å²) in [5.74, 6) is -6.11. The number of nitrogens with two attached hydrogens (primary N) is 2. The Morgan fingerprint density at radius 2 is 1.59 bits per heavy atom. The first-order valence-electron chi connectivity index (χ1n) is 10.2. The lowest BCUT2D eigenvalue weighted by Gasteiger charge is -2.28. The van der Waals surface area contributed by atoms with Gasteiger partial charge in [-0.25, -0.2) is 4.79 Å². The molecule has 32 heavy (non-hydrogen) atoms. The van der Waals surface area contributed by atoms with Crippen LogP contribution in [0.2, 0.25) is 0 Å². The maximum absolute atomic E-state index is 12.8. The van der Waals surface area contributed by atoms with E-state index in [0.717, 1.165) is 4.90 Å². The van der Waals surface area contributed by atoms with Crippen LogP contribution in [-0.4, -0.2) is 81.4 Å². The molecule has 0 saturated carbocycles. The Bertz CT molecular complexity index is 756. The monoisotopic (exact) mass is 457 g/mol. The van der Waals surface area contributed by atoms with E-state index in [1.54, 1.807) is 0 Å². The van der Waals surface area contributed by atoms with Gasteiger partial charge < -0.3 is 37.2 Å². The Labute approximate surface area is 184 Å². The van der Waals surface area contributed by atoms with Crippen LogP contribution in [0.4, 0.5) is 0 Å². The molecule has 0 aliphatic carbocycles. The van der Waals surface area contributed by atoms with Crippen molar-refractivity contribution in [2.75, 3.05) is 6.54 Å². The Hall–Kier alpha value is -3.22. The Morgan fingerprint density at radius 3 is 2.09 bits per heavy atom. The molecular formula is C19H31N5O8. The smallest absolute Gasteiger partial charge is 0.326 e. The van der Waals surface area contributed by atoms with Crippen molar-refractivity contribution >= 4 is 35.6 Å². The summed E-state index contributed by atoms with van der Waals surface area (Å²) in [6, 6.07) is -5.19. The molecule has 13 nitrogen and oxygen atoms in total. The predicted octanol–water partition coefficient (Wildman–Crippen LogP) is -2.24. The lowest BCUT2D eigenvalue weighted by atomic mass is 10.0. The van der Waals surface area contributed by atoms with Gasteiger partial charge in [0.2, 0.25) is 23.6 Å². The second-order valence-corrected chi connectivity index (χ2v) is 8.15. The fourth-order valence-electron chi connectivity index (χ4n) is 3.44. The van der Waals surface area contributed by atoms with E-state index < -0.39 is 72.6 Å². The molecule has 4 unspecified atom stereocenters. The molecule has 1 fully saturated rings. The number of hydrogen-bond donors (Lipinski definition) is 6. The molecule has 13 heteroatoms. The third kappa shape index (κ3) is 8.13. The topological polar surface area (TPSA) is 222 Å². The minimum atomic E-state index is -1.60. The van der Waals surface area contributed by atoms with E-state index in [9.17, 15) is 33.9 Å². The molecule has 180 valence electrons.